The molecule has 0 saturated heterocycles. The molecule has 2 aromatic carbocycles. The van der Waals surface area contributed by atoms with Crippen molar-refractivity contribution in [3.05, 3.63) is 65.9 Å². The van der Waals surface area contributed by atoms with Gasteiger partial charge in [-0.25, -0.2) is 4.79 Å². The molecule has 0 fully saturated rings. The third-order valence-electron chi connectivity index (χ3n) is 3.67. The number of aromatic hydroxyl groups is 1. The van der Waals surface area contributed by atoms with Gasteiger partial charge in [0.05, 0.1) is 0 Å². The normalized spacial score (nSPS) is 12.7. The van der Waals surface area contributed by atoms with Crippen molar-refractivity contribution >= 4 is 23.1 Å². The summed E-state index contributed by atoms with van der Waals surface area (Å²) in [5, 5.41) is 19.7. The summed E-state index contributed by atoms with van der Waals surface area (Å²) in [5.74, 6) is -0.805. The Morgan fingerprint density at radius 1 is 1.17 bits per heavy atom. The van der Waals surface area contributed by atoms with E-state index in [-0.39, 0.29) is 5.75 Å². The molecule has 5 nitrogen and oxygen atoms in total. The number of para-hydroxylation sites is 1. The lowest BCUT2D eigenvalue weighted by Gasteiger charge is -2.06. The number of phenolic OH excluding ortho intramolecular Hbond substituents is 1. The van der Waals surface area contributed by atoms with E-state index in [0.717, 1.165) is 22.0 Å². The van der Waals surface area contributed by atoms with E-state index in [4.69, 9.17) is 0 Å². The van der Waals surface area contributed by atoms with Crippen molar-refractivity contribution in [3.63, 3.8) is 0 Å². The average Bonchev–Trinajstić information content (AvgIpc) is 2.96. The molecule has 3 rings (SSSR count). The molecule has 0 bridgehead atoms. The first-order valence-corrected chi connectivity index (χ1v) is 7.23. The van der Waals surface area contributed by atoms with Crippen LogP contribution in [0.3, 0.4) is 0 Å². The lowest BCUT2D eigenvalue weighted by molar-refractivity contribution is -0.138. The largest absolute Gasteiger partial charge is 0.508 e. The molecule has 0 aliphatic rings. The number of nitrogens with one attached hydrogen (secondary N) is 1. The number of benzene rings is 2. The number of aromatic nitrogens is 1. The third kappa shape index (κ3) is 3.40. The van der Waals surface area contributed by atoms with E-state index in [0.29, 0.717) is 6.42 Å². The Balaban J connectivity index is 1.82. The van der Waals surface area contributed by atoms with E-state index in [2.05, 4.69) is 9.98 Å². The van der Waals surface area contributed by atoms with Crippen LogP contribution in [0.15, 0.2) is 59.7 Å². The summed E-state index contributed by atoms with van der Waals surface area (Å²) >= 11 is 0. The van der Waals surface area contributed by atoms with Crippen molar-refractivity contribution in [1.29, 1.82) is 0 Å². The molecule has 0 saturated carbocycles. The van der Waals surface area contributed by atoms with E-state index in [1.54, 1.807) is 12.1 Å². The van der Waals surface area contributed by atoms with Gasteiger partial charge >= 0.3 is 5.97 Å². The second-order valence-electron chi connectivity index (χ2n) is 5.29. The quantitative estimate of drug-likeness (QED) is 0.633. The Bertz CT molecular complexity index is 850. The molecule has 1 atom stereocenters. The van der Waals surface area contributed by atoms with Crippen LogP contribution < -0.4 is 0 Å². The van der Waals surface area contributed by atoms with Crippen LogP contribution in [-0.4, -0.2) is 33.4 Å². The second kappa shape index (κ2) is 6.36. The Kier molecular flexibility index (Phi) is 4.10. The van der Waals surface area contributed by atoms with Gasteiger partial charge < -0.3 is 15.2 Å². The molecule has 1 heterocycles. The van der Waals surface area contributed by atoms with Gasteiger partial charge in [-0.1, -0.05) is 18.2 Å². The zero-order chi connectivity index (χ0) is 16.2. The Labute approximate surface area is 132 Å². The highest BCUT2D eigenvalue weighted by Gasteiger charge is 2.18. The Morgan fingerprint density at radius 3 is 2.65 bits per heavy atom. The van der Waals surface area contributed by atoms with Gasteiger partial charge in [0.15, 0.2) is 6.04 Å². The second-order valence-corrected chi connectivity index (χ2v) is 5.29. The van der Waals surface area contributed by atoms with Crippen LogP contribution in [0.5, 0.6) is 5.75 Å². The molecule has 3 aromatic rings. The fourth-order valence-corrected chi connectivity index (χ4v) is 2.45. The number of hydrogen-bond donors (Lipinski definition) is 3. The Hall–Kier alpha value is -3.08. The first-order chi connectivity index (χ1) is 11.1. The van der Waals surface area contributed by atoms with Gasteiger partial charge in [-0.05, 0) is 41.5 Å². The van der Waals surface area contributed by atoms with Crippen LogP contribution in [0.1, 0.15) is 11.1 Å². The number of rotatable bonds is 5. The maximum Gasteiger partial charge on any atom is 0.328 e. The SMILES string of the molecule is O=C(O)C(Cc1c[nH]c2ccccc12)/N=C/c1ccc(O)cc1. The number of phenols is 1. The highest BCUT2D eigenvalue weighted by atomic mass is 16.4. The van der Waals surface area contributed by atoms with E-state index < -0.39 is 12.0 Å². The van der Waals surface area contributed by atoms with Gasteiger partial charge in [-0.2, -0.15) is 0 Å². The number of carboxylic acid groups (broad SMARTS) is 1. The number of nitrogens with zero attached hydrogens (tertiary/aromatic N) is 1. The van der Waals surface area contributed by atoms with Crippen LogP contribution in [0.2, 0.25) is 0 Å². The summed E-state index contributed by atoms with van der Waals surface area (Å²) < 4.78 is 0. The van der Waals surface area contributed by atoms with Crippen LogP contribution in [-0.2, 0) is 11.2 Å². The lowest BCUT2D eigenvalue weighted by Crippen LogP contribution is -2.20. The van der Waals surface area contributed by atoms with Crippen LogP contribution in [0, 0.1) is 0 Å². The molecular formula is C18H16N2O3. The molecule has 3 N–H and O–H groups in total. The molecule has 0 radical (unpaired) electrons. The summed E-state index contributed by atoms with van der Waals surface area (Å²) in [6.45, 7) is 0. The smallest absolute Gasteiger partial charge is 0.328 e. The highest BCUT2D eigenvalue weighted by Crippen LogP contribution is 2.20. The topological polar surface area (TPSA) is 85.7 Å². The van der Waals surface area contributed by atoms with Crippen molar-refractivity contribution < 1.29 is 15.0 Å². The molecule has 0 spiro atoms. The minimum absolute atomic E-state index is 0.163. The van der Waals surface area contributed by atoms with Gasteiger partial charge in [0, 0.05) is 29.7 Å². The number of fused-ring (bicyclic) bond motifs is 1. The number of aromatic amines is 1. The molecule has 116 valence electrons. The van der Waals surface area contributed by atoms with Gasteiger partial charge in [0.2, 0.25) is 0 Å². The van der Waals surface area contributed by atoms with Crippen LogP contribution in [0.4, 0.5) is 0 Å². The summed E-state index contributed by atoms with van der Waals surface area (Å²) in [6.07, 6.45) is 3.66. The first kappa shape index (κ1) is 14.8. The fraction of sp³-hybridized carbons (Fsp3) is 0.111. The summed E-state index contributed by atoms with van der Waals surface area (Å²) in [6, 6.07) is 13.4. The van der Waals surface area contributed by atoms with Gasteiger partial charge in [0.25, 0.3) is 0 Å². The van der Waals surface area contributed by atoms with Crippen LogP contribution >= 0.6 is 0 Å². The standard InChI is InChI=1S/C18H16N2O3/c21-14-7-5-12(6-8-14)10-19-17(18(22)23)9-13-11-20-16-4-2-1-3-15(13)16/h1-8,10-11,17,20-21H,9H2,(H,22,23)/b19-10+. The monoisotopic (exact) mass is 308 g/mol. The molecule has 1 aromatic heterocycles. The number of aliphatic imine (C=N–C) groups is 1. The third-order valence-corrected chi connectivity index (χ3v) is 3.67. The van der Waals surface area contributed by atoms with Gasteiger partial charge in [0.1, 0.15) is 5.75 Å². The molecule has 1 unspecified atom stereocenters. The number of carboxylic acids is 1. The average molecular weight is 308 g/mol. The minimum Gasteiger partial charge on any atom is -0.508 e. The number of aliphatic carboxylic acids is 1. The number of hydrogen-bond acceptors (Lipinski definition) is 3. The molecule has 23 heavy (non-hydrogen) atoms. The van der Waals surface area contributed by atoms with Gasteiger partial charge in [-0.3, -0.25) is 4.99 Å². The lowest BCUT2D eigenvalue weighted by atomic mass is 10.1. The Morgan fingerprint density at radius 2 is 1.91 bits per heavy atom. The van der Waals surface area contributed by atoms with Crippen molar-refractivity contribution in [2.24, 2.45) is 4.99 Å². The molecule has 5 heteroatoms. The van der Waals surface area contributed by atoms with Crippen LogP contribution in [0.25, 0.3) is 10.9 Å². The number of carbonyl (C=O) groups is 1. The predicted octanol–water partition coefficient (Wildman–Crippen LogP) is 2.99. The molecule has 0 aliphatic heterocycles. The van der Waals surface area contributed by atoms with Crippen molar-refractivity contribution in [2.45, 2.75) is 12.5 Å². The first-order valence-electron chi connectivity index (χ1n) is 7.23. The maximum absolute atomic E-state index is 11.5. The predicted molar refractivity (Wildman–Crippen MR) is 89.1 cm³/mol. The number of H-pyrrole nitrogens is 1. The van der Waals surface area contributed by atoms with E-state index >= 15 is 0 Å². The van der Waals surface area contributed by atoms with E-state index in [9.17, 15) is 15.0 Å². The van der Waals surface area contributed by atoms with Crippen molar-refractivity contribution in [2.75, 3.05) is 0 Å². The van der Waals surface area contributed by atoms with Crippen molar-refractivity contribution in [1.82, 2.24) is 4.98 Å². The fourth-order valence-electron chi connectivity index (χ4n) is 2.45. The molecule has 0 amide bonds. The summed E-state index contributed by atoms with van der Waals surface area (Å²) in [4.78, 5) is 18.8. The van der Waals surface area contributed by atoms with Gasteiger partial charge in [-0.15, -0.1) is 0 Å². The minimum atomic E-state index is -0.967. The highest BCUT2D eigenvalue weighted by molar-refractivity contribution is 5.86. The summed E-state index contributed by atoms with van der Waals surface area (Å²) in [5.41, 5.74) is 2.65. The van der Waals surface area contributed by atoms with E-state index in [1.165, 1.54) is 18.3 Å². The van der Waals surface area contributed by atoms with Crippen molar-refractivity contribution in [3.8, 4) is 5.75 Å². The van der Waals surface area contributed by atoms with E-state index in [1.807, 2.05) is 30.5 Å². The molecular weight excluding hydrogens is 292 g/mol. The zero-order valence-corrected chi connectivity index (χ0v) is 12.3. The zero-order valence-electron chi connectivity index (χ0n) is 12.3. The molecule has 0 aliphatic carbocycles. The maximum atomic E-state index is 11.5. The summed E-state index contributed by atoms with van der Waals surface area (Å²) in [7, 11) is 0.